The molecule has 1 aromatic rings. The second kappa shape index (κ2) is 7.36. The van der Waals surface area contributed by atoms with E-state index in [1.165, 1.54) is 0 Å². The van der Waals surface area contributed by atoms with E-state index in [-0.39, 0.29) is 24.8 Å². The number of benzene rings is 1. The van der Waals surface area contributed by atoms with Crippen LogP contribution in [-0.2, 0) is 11.3 Å². The molecule has 0 bridgehead atoms. The monoisotopic (exact) mass is 286 g/mol. The van der Waals surface area contributed by atoms with Gasteiger partial charge in [-0.2, -0.15) is 0 Å². The van der Waals surface area contributed by atoms with Crippen molar-refractivity contribution in [1.29, 1.82) is 0 Å². The highest BCUT2D eigenvalue weighted by Gasteiger charge is 2.36. The molecule has 6 heteroatoms. The average molecular weight is 286 g/mol. The van der Waals surface area contributed by atoms with Gasteiger partial charge >= 0.3 is 6.09 Å². The Kier molecular flexibility index (Phi) is 5.23. The number of nitrogens with zero attached hydrogens (tertiary/aromatic N) is 4. The summed E-state index contributed by atoms with van der Waals surface area (Å²) in [7, 11) is 0. The molecule has 21 heavy (non-hydrogen) atoms. The molecule has 1 fully saturated rings. The third-order valence-electron chi connectivity index (χ3n) is 3.56. The Bertz CT molecular complexity index is 540. The molecule has 0 radical (unpaired) electrons. The summed E-state index contributed by atoms with van der Waals surface area (Å²) in [4.78, 5) is 16.7. The fourth-order valence-electron chi connectivity index (χ4n) is 2.52. The summed E-state index contributed by atoms with van der Waals surface area (Å²) in [6, 6.07) is 9.15. The van der Waals surface area contributed by atoms with Gasteiger partial charge in [0.15, 0.2) is 0 Å². The molecule has 110 valence electrons. The molecule has 0 aliphatic carbocycles. The third-order valence-corrected chi connectivity index (χ3v) is 3.56. The van der Waals surface area contributed by atoms with Gasteiger partial charge < -0.3 is 9.64 Å². The normalized spacial score (nSPS) is 20.7. The standard InChI is InChI=1S/C15H18N4O2/c1-2-6-14-13(17-18-16)9-10-19(14)15(20)21-11-12-7-4-3-5-8-12/h2-5,7-8,13-14H,1,6,9-11H2/t13-,14-/m1/s1. The summed E-state index contributed by atoms with van der Waals surface area (Å²) < 4.78 is 5.33. The van der Waals surface area contributed by atoms with E-state index in [2.05, 4.69) is 16.6 Å². The molecule has 2 atom stereocenters. The molecule has 0 saturated carbocycles. The first kappa shape index (κ1) is 14.9. The van der Waals surface area contributed by atoms with Crippen molar-refractivity contribution in [2.75, 3.05) is 6.54 Å². The van der Waals surface area contributed by atoms with Crippen LogP contribution in [0, 0.1) is 0 Å². The minimum Gasteiger partial charge on any atom is -0.445 e. The van der Waals surface area contributed by atoms with Crippen LogP contribution in [0.4, 0.5) is 4.79 Å². The molecule has 1 aromatic carbocycles. The van der Waals surface area contributed by atoms with E-state index in [0.717, 1.165) is 5.56 Å². The van der Waals surface area contributed by atoms with Crippen LogP contribution in [0.1, 0.15) is 18.4 Å². The van der Waals surface area contributed by atoms with Gasteiger partial charge in [0.25, 0.3) is 0 Å². The van der Waals surface area contributed by atoms with Crippen molar-refractivity contribution in [3.8, 4) is 0 Å². The topological polar surface area (TPSA) is 78.3 Å². The van der Waals surface area contributed by atoms with Gasteiger partial charge in [0, 0.05) is 17.5 Å². The predicted octanol–water partition coefficient (Wildman–Crippen LogP) is 3.65. The van der Waals surface area contributed by atoms with Crippen LogP contribution in [-0.4, -0.2) is 29.6 Å². The highest BCUT2D eigenvalue weighted by atomic mass is 16.6. The van der Waals surface area contributed by atoms with Gasteiger partial charge in [-0.3, -0.25) is 0 Å². The average Bonchev–Trinajstić information content (AvgIpc) is 2.90. The number of ether oxygens (including phenoxy) is 1. The summed E-state index contributed by atoms with van der Waals surface area (Å²) in [6.45, 7) is 4.47. The molecule has 0 unspecified atom stereocenters. The first-order valence-electron chi connectivity index (χ1n) is 6.88. The van der Waals surface area contributed by atoms with Crippen LogP contribution in [0.15, 0.2) is 48.1 Å². The molecular weight excluding hydrogens is 268 g/mol. The van der Waals surface area contributed by atoms with Crippen LogP contribution in [0.2, 0.25) is 0 Å². The Morgan fingerprint density at radius 2 is 2.29 bits per heavy atom. The van der Waals surface area contributed by atoms with Crippen molar-refractivity contribution in [2.45, 2.75) is 31.5 Å². The smallest absolute Gasteiger partial charge is 0.410 e. The van der Waals surface area contributed by atoms with E-state index >= 15 is 0 Å². The lowest BCUT2D eigenvalue weighted by Gasteiger charge is -2.25. The summed E-state index contributed by atoms with van der Waals surface area (Å²) in [5.41, 5.74) is 9.53. The van der Waals surface area contributed by atoms with E-state index in [0.29, 0.717) is 19.4 Å². The van der Waals surface area contributed by atoms with Crippen molar-refractivity contribution in [3.05, 3.63) is 59.0 Å². The number of azide groups is 1. The molecule has 1 amide bonds. The largest absolute Gasteiger partial charge is 0.445 e. The lowest BCUT2D eigenvalue weighted by Crippen LogP contribution is -2.39. The summed E-state index contributed by atoms with van der Waals surface area (Å²) in [6.07, 6.45) is 2.60. The second-order valence-corrected chi connectivity index (χ2v) is 4.89. The first-order valence-corrected chi connectivity index (χ1v) is 6.88. The Morgan fingerprint density at radius 3 is 2.95 bits per heavy atom. The number of rotatable bonds is 5. The predicted molar refractivity (Wildman–Crippen MR) is 79.5 cm³/mol. The van der Waals surface area contributed by atoms with E-state index < -0.39 is 0 Å². The van der Waals surface area contributed by atoms with Crippen molar-refractivity contribution in [1.82, 2.24) is 4.90 Å². The Morgan fingerprint density at radius 1 is 1.52 bits per heavy atom. The summed E-state index contributed by atoms with van der Waals surface area (Å²) in [5, 5.41) is 3.76. The highest BCUT2D eigenvalue weighted by Crippen LogP contribution is 2.25. The maximum atomic E-state index is 12.2. The van der Waals surface area contributed by atoms with E-state index in [1.807, 2.05) is 30.3 Å². The molecule has 0 spiro atoms. The Hall–Kier alpha value is -2.46. The zero-order chi connectivity index (χ0) is 15.1. The van der Waals surface area contributed by atoms with Gasteiger partial charge in [0.1, 0.15) is 6.61 Å². The van der Waals surface area contributed by atoms with Crippen LogP contribution in [0.5, 0.6) is 0 Å². The molecular formula is C15H18N4O2. The number of hydrogen-bond acceptors (Lipinski definition) is 3. The fraction of sp³-hybridized carbons (Fsp3) is 0.400. The Balaban J connectivity index is 1.97. The third kappa shape index (κ3) is 3.77. The van der Waals surface area contributed by atoms with Gasteiger partial charge in [-0.05, 0) is 23.9 Å². The van der Waals surface area contributed by atoms with Gasteiger partial charge in [0.2, 0.25) is 0 Å². The summed E-state index contributed by atoms with van der Waals surface area (Å²) >= 11 is 0. The maximum absolute atomic E-state index is 12.2. The molecule has 0 N–H and O–H groups in total. The number of amides is 1. The number of hydrogen-bond donors (Lipinski definition) is 0. The van der Waals surface area contributed by atoms with Crippen LogP contribution in [0.3, 0.4) is 0 Å². The Labute approximate surface area is 123 Å². The van der Waals surface area contributed by atoms with Crippen molar-refractivity contribution in [2.24, 2.45) is 5.11 Å². The van der Waals surface area contributed by atoms with E-state index in [4.69, 9.17) is 10.3 Å². The number of likely N-dealkylation sites (tertiary alicyclic amines) is 1. The maximum Gasteiger partial charge on any atom is 0.410 e. The van der Waals surface area contributed by atoms with Gasteiger partial charge in [-0.25, -0.2) is 4.79 Å². The molecule has 0 aromatic heterocycles. The van der Waals surface area contributed by atoms with Gasteiger partial charge in [-0.1, -0.05) is 41.5 Å². The zero-order valence-electron chi connectivity index (χ0n) is 11.8. The second-order valence-electron chi connectivity index (χ2n) is 4.89. The highest BCUT2D eigenvalue weighted by molar-refractivity contribution is 5.68. The van der Waals surface area contributed by atoms with E-state index in [9.17, 15) is 4.79 Å². The molecule has 1 heterocycles. The molecule has 6 nitrogen and oxygen atoms in total. The van der Waals surface area contributed by atoms with Crippen molar-refractivity contribution in [3.63, 3.8) is 0 Å². The quantitative estimate of drug-likeness (QED) is 0.358. The molecule has 1 aliphatic rings. The van der Waals surface area contributed by atoms with Crippen LogP contribution >= 0.6 is 0 Å². The SMILES string of the molecule is C=CC[C@@H]1[C@H](N=[N+]=[N-])CCN1C(=O)OCc1ccccc1. The fourth-order valence-corrected chi connectivity index (χ4v) is 2.52. The molecule has 1 saturated heterocycles. The van der Waals surface area contributed by atoms with Gasteiger partial charge in [0.05, 0.1) is 6.04 Å². The summed E-state index contributed by atoms with van der Waals surface area (Å²) in [5.74, 6) is 0. The zero-order valence-corrected chi connectivity index (χ0v) is 11.8. The minimum absolute atomic E-state index is 0.165. The van der Waals surface area contributed by atoms with Crippen molar-refractivity contribution >= 4 is 6.09 Å². The van der Waals surface area contributed by atoms with E-state index in [1.54, 1.807) is 11.0 Å². The number of carbonyl (C=O) groups excluding carboxylic acids is 1. The molecule has 1 aliphatic heterocycles. The first-order chi connectivity index (χ1) is 10.3. The lowest BCUT2D eigenvalue weighted by atomic mass is 10.1. The minimum atomic E-state index is -0.374. The molecule has 2 rings (SSSR count). The lowest BCUT2D eigenvalue weighted by molar-refractivity contribution is 0.0913. The van der Waals surface area contributed by atoms with Crippen molar-refractivity contribution < 1.29 is 9.53 Å². The van der Waals surface area contributed by atoms with Crippen LogP contribution < -0.4 is 0 Å². The van der Waals surface area contributed by atoms with Crippen LogP contribution in [0.25, 0.3) is 10.4 Å². The van der Waals surface area contributed by atoms with Gasteiger partial charge in [-0.15, -0.1) is 6.58 Å². The number of carbonyl (C=O) groups is 1.